The number of pyridine rings is 1. The number of aryl methyl sites for hydroxylation is 1. The van der Waals surface area contributed by atoms with E-state index < -0.39 is 0 Å². The van der Waals surface area contributed by atoms with Crippen molar-refractivity contribution in [1.29, 1.82) is 0 Å². The summed E-state index contributed by atoms with van der Waals surface area (Å²) in [6.45, 7) is 1.84. The van der Waals surface area contributed by atoms with Crippen molar-refractivity contribution in [2.24, 2.45) is 0 Å². The van der Waals surface area contributed by atoms with Crippen LogP contribution >= 0.6 is 11.6 Å². The van der Waals surface area contributed by atoms with E-state index in [1.54, 1.807) is 34.9 Å². The maximum absolute atomic E-state index is 11.8. The highest BCUT2D eigenvalue weighted by molar-refractivity contribution is 6.30. The average Bonchev–Trinajstić information content (AvgIpc) is 2.19. The van der Waals surface area contributed by atoms with Crippen molar-refractivity contribution in [2.45, 2.75) is 6.92 Å². The lowest BCUT2D eigenvalue weighted by Crippen LogP contribution is -2.20. The van der Waals surface area contributed by atoms with Gasteiger partial charge in [0, 0.05) is 28.2 Å². The van der Waals surface area contributed by atoms with Crippen molar-refractivity contribution in [1.82, 2.24) is 4.57 Å². The number of hydrogen-bond donors (Lipinski definition) is 1. The van der Waals surface area contributed by atoms with Gasteiger partial charge in [-0.1, -0.05) is 11.6 Å². The lowest BCUT2D eigenvalue weighted by molar-refractivity contribution is 0.937. The van der Waals surface area contributed by atoms with Gasteiger partial charge in [-0.15, -0.1) is 0 Å². The van der Waals surface area contributed by atoms with Crippen LogP contribution in [0.4, 0.5) is 5.69 Å². The standard InChI is InChI=1S/C12H11ClN2O/c1-8-6-10(14)7-12(16)15(8)11-4-2-9(13)3-5-11/h2-7H,14H2,1H3. The van der Waals surface area contributed by atoms with Gasteiger partial charge < -0.3 is 5.73 Å². The summed E-state index contributed by atoms with van der Waals surface area (Å²) in [5.41, 5.74) is 7.52. The molecule has 82 valence electrons. The third-order valence-corrected chi connectivity index (χ3v) is 2.58. The van der Waals surface area contributed by atoms with Gasteiger partial charge in [0.1, 0.15) is 0 Å². The van der Waals surface area contributed by atoms with Crippen LogP contribution in [-0.2, 0) is 0 Å². The van der Waals surface area contributed by atoms with Gasteiger partial charge in [-0.05, 0) is 37.3 Å². The van der Waals surface area contributed by atoms with Crippen molar-refractivity contribution in [3.63, 3.8) is 0 Å². The molecule has 2 rings (SSSR count). The number of aromatic nitrogens is 1. The molecule has 4 heteroatoms. The second kappa shape index (κ2) is 4.02. The van der Waals surface area contributed by atoms with Crippen molar-refractivity contribution < 1.29 is 0 Å². The molecular weight excluding hydrogens is 224 g/mol. The van der Waals surface area contributed by atoms with Gasteiger partial charge in [0.2, 0.25) is 0 Å². The Hall–Kier alpha value is -1.74. The maximum Gasteiger partial charge on any atom is 0.257 e. The Balaban J connectivity index is 2.65. The largest absolute Gasteiger partial charge is 0.399 e. The Morgan fingerprint density at radius 2 is 1.81 bits per heavy atom. The molecule has 1 aromatic heterocycles. The fraction of sp³-hybridized carbons (Fsp3) is 0.0833. The van der Waals surface area contributed by atoms with Gasteiger partial charge >= 0.3 is 0 Å². The first-order chi connectivity index (χ1) is 7.58. The van der Waals surface area contributed by atoms with Crippen LogP contribution in [0, 0.1) is 6.92 Å². The zero-order valence-electron chi connectivity index (χ0n) is 8.77. The molecule has 0 fully saturated rings. The minimum absolute atomic E-state index is 0.139. The predicted octanol–water partition coefficient (Wildman–Crippen LogP) is 2.38. The van der Waals surface area contributed by atoms with Crippen molar-refractivity contribution in [2.75, 3.05) is 5.73 Å². The molecule has 0 amide bonds. The topological polar surface area (TPSA) is 48.0 Å². The van der Waals surface area contributed by atoms with Crippen molar-refractivity contribution in [3.8, 4) is 5.69 Å². The zero-order chi connectivity index (χ0) is 11.7. The predicted molar refractivity (Wildman–Crippen MR) is 66.2 cm³/mol. The van der Waals surface area contributed by atoms with Gasteiger partial charge in [-0.25, -0.2) is 0 Å². The van der Waals surface area contributed by atoms with E-state index in [4.69, 9.17) is 17.3 Å². The van der Waals surface area contributed by atoms with E-state index in [9.17, 15) is 4.79 Å². The minimum atomic E-state index is -0.139. The number of rotatable bonds is 1. The Morgan fingerprint density at radius 1 is 1.19 bits per heavy atom. The lowest BCUT2D eigenvalue weighted by Gasteiger charge is -2.10. The van der Waals surface area contributed by atoms with Gasteiger partial charge in [0.05, 0.1) is 0 Å². The molecule has 0 aliphatic heterocycles. The van der Waals surface area contributed by atoms with E-state index in [0.29, 0.717) is 10.7 Å². The summed E-state index contributed by atoms with van der Waals surface area (Å²) in [6.07, 6.45) is 0. The molecule has 0 spiro atoms. The highest BCUT2D eigenvalue weighted by Crippen LogP contribution is 2.14. The van der Waals surface area contributed by atoms with Gasteiger partial charge in [0.25, 0.3) is 5.56 Å². The van der Waals surface area contributed by atoms with Crippen LogP contribution in [0.25, 0.3) is 5.69 Å². The van der Waals surface area contributed by atoms with Crippen LogP contribution in [0.1, 0.15) is 5.69 Å². The second-order valence-electron chi connectivity index (χ2n) is 3.58. The number of nitrogen functional groups attached to an aromatic ring is 1. The van der Waals surface area contributed by atoms with Crippen LogP contribution in [0.3, 0.4) is 0 Å². The Bertz CT molecular complexity index is 573. The Morgan fingerprint density at radius 3 is 2.38 bits per heavy atom. The Labute approximate surface area is 98.1 Å². The van der Waals surface area contributed by atoms with E-state index >= 15 is 0 Å². The number of anilines is 1. The first kappa shape index (κ1) is 10.8. The first-order valence-electron chi connectivity index (χ1n) is 4.83. The van der Waals surface area contributed by atoms with Gasteiger partial charge in [-0.3, -0.25) is 9.36 Å². The monoisotopic (exact) mass is 234 g/mol. The molecule has 0 atom stereocenters. The summed E-state index contributed by atoms with van der Waals surface area (Å²) in [7, 11) is 0. The molecule has 3 nitrogen and oxygen atoms in total. The summed E-state index contributed by atoms with van der Waals surface area (Å²) in [4.78, 5) is 11.8. The molecule has 2 N–H and O–H groups in total. The number of nitrogens with zero attached hydrogens (tertiary/aromatic N) is 1. The van der Waals surface area contributed by atoms with Crippen molar-refractivity contribution in [3.05, 3.63) is 57.5 Å². The van der Waals surface area contributed by atoms with E-state index in [1.165, 1.54) is 6.07 Å². The first-order valence-corrected chi connectivity index (χ1v) is 5.21. The second-order valence-corrected chi connectivity index (χ2v) is 4.02. The molecule has 0 saturated heterocycles. The molecule has 0 aliphatic carbocycles. The maximum atomic E-state index is 11.8. The highest BCUT2D eigenvalue weighted by atomic mass is 35.5. The van der Waals surface area contributed by atoms with Crippen molar-refractivity contribution >= 4 is 17.3 Å². The van der Waals surface area contributed by atoms with Crippen LogP contribution in [0.15, 0.2) is 41.2 Å². The van der Waals surface area contributed by atoms with Gasteiger partial charge in [-0.2, -0.15) is 0 Å². The molecule has 0 saturated carbocycles. The lowest BCUT2D eigenvalue weighted by atomic mass is 10.2. The molecule has 0 unspecified atom stereocenters. The molecular formula is C12H11ClN2O. The molecule has 1 aromatic carbocycles. The number of nitrogens with two attached hydrogens (primary N) is 1. The third-order valence-electron chi connectivity index (χ3n) is 2.32. The van der Waals surface area contributed by atoms with Crippen LogP contribution in [0.2, 0.25) is 5.02 Å². The van der Waals surface area contributed by atoms with Gasteiger partial charge in [0.15, 0.2) is 0 Å². The SMILES string of the molecule is Cc1cc(N)cc(=O)n1-c1ccc(Cl)cc1. The molecule has 1 heterocycles. The number of benzene rings is 1. The van der Waals surface area contributed by atoms with Crippen LogP contribution < -0.4 is 11.3 Å². The van der Waals surface area contributed by atoms with Crippen LogP contribution in [-0.4, -0.2) is 4.57 Å². The Kier molecular flexibility index (Phi) is 2.71. The fourth-order valence-electron chi connectivity index (χ4n) is 1.65. The van der Waals surface area contributed by atoms with E-state index in [0.717, 1.165) is 11.4 Å². The molecule has 0 radical (unpaired) electrons. The van der Waals surface area contributed by atoms with E-state index in [1.807, 2.05) is 6.92 Å². The van der Waals surface area contributed by atoms with E-state index in [2.05, 4.69) is 0 Å². The summed E-state index contributed by atoms with van der Waals surface area (Å²) < 4.78 is 1.59. The summed E-state index contributed by atoms with van der Waals surface area (Å²) in [6, 6.07) is 10.3. The summed E-state index contributed by atoms with van der Waals surface area (Å²) in [5.74, 6) is 0. The molecule has 16 heavy (non-hydrogen) atoms. The number of hydrogen-bond acceptors (Lipinski definition) is 2. The minimum Gasteiger partial charge on any atom is -0.399 e. The third kappa shape index (κ3) is 1.95. The number of halogens is 1. The molecule has 0 aliphatic rings. The quantitative estimate of drug-likeness (QED) is 0.824. The van der Waals surface area contributed by atoms with E-state index in [-0.39, 0.29) is 5.56 Å². The average molecular weight is 235 g/mol. The zero-order valence-corrected chi connectivity index (χ0v) is 9.53. The molecule has 2 aromatic rings. The smallest absolute Gasteiger partial charge is 0.257 e. The normalized spacial score (nSPS) is 10.4. The van der Waals surface area contributed by atoms with Crippen LogP contribution in [0.5, 0.6) is 0 Å². The summed E-state index contributed by atoms with van der Waals surface area (Å²) >= 11 is 5.80. The fourth-order valence-corrected chi connectivity index (χ4v) is 1.78. The highest BCUT2D eigenvalue weighted by Gasteiger charge is 2.03. The molecule has 0 bridgehead atoms. The summed E-state index contributed by atoms with van der Waals surface area (Å²) in [5, 5.41) is 0.643.